The van der Waals surface area contributed by atoms with E-state index in [2.05, 4.69) is 5.10 Å². The summed E-state index contributed by atoms with van der Waals surface area (Å²) in [6, 6.07) is 14.7. The van der Waals surface area contributed by atoms with Crippen LogP contribution in [0.5, 0.6) is 11.5 Å². The summed E-state index contributed by atoms with van der Waals surface area (Å²) in [4.78, 5) is 12.6. The third-order valence-corrected chi connectivity index (χ3v) is 4.68. The van der Waals surface area contributed by atoms with E-state index in [0.29, 0.717) is 29.3 Å². The molecule has 0 aliphatic rings. The number of nitrogens with one attached hydrogen (secondary N) is 1. The predicted molar refractivity (Wildman–Crippen MR) is 109 cm³/mol. The lowest BCUT2D eigenvalue weighted by atomic mass is 10.1. The Hall–Kier alpha value is -3.33. The number of aromatic nitrogens is 2. The highest BCUT2D eigenvalue weighted by Crippen LogP contribution is 2.33. The van der Waals surface area contributed by atoms with Crippen LogP contribution >= 0.6 is 0 Å². The van der Waals surface area contributed by atoms with Crippen LogP contribution in [0.25, 0.3) is 11.3 Å². The van der Waals surface area contributed by atoms with Gasteiger partial charge in [-0.3, -0.25) is 9.48 Å². The summed E-state index contributed by atoms with van der Waals surface area (Å²) in [5.74, 6) is 0.246. The molecule has 0 saturated carbocycles. The average Bonchev–Trinajstić information content (AvgIpc) is 3.11. The lowest BCUT2D eigenvalue weighted by Gasteiger charge is -2.09. The quantitative estimate of drug-likeness (QED) is 0.636. The summed E-state index contributed by atoms with van der Waals surface area (Å²) >= 11 is 0. The molecule has 0 spiro atoms. The van der Waals surface area contributed by atoms with Gasteiger partial charge in [-0.1, -0.05) is 30.3 Å². The van der Waals surface area contributed by atoms with E-state index in [0.717, 1.165) is 11.8 Å². The predicted octanol–water partition coefficient (Wildman–Crippen LogP) is 2.31. The van der Waals surface area contributed by atoms with Gasteiger partial charge >= 0.3 is 0 Å². The Morgan fingerprint density at radius 3 is 2.38 bits per heavy atom. The molecule has 152 valence electrons. The number of rotatable bonds is 7. The monoisotopic (exact) mass is 415 g/mol. The topological polar surface area (TPSA) is 99.5 Å². The Kier molecular flexibility index (Phi) is 5.88. The van der Waals surface area contributed by atoms with Crippen molar-refractivity contribution in [3.8, 4) is 22.8 Å². The van der Waals surface area contributed by atoms with Gasteiger partial charge in [0.15, 0.2) is 11.5 Å². The number of methoxy groups -OCH3 is 2. The van der Waals surface area contributed by atoms with Gasteiger partial charge in [0.2, 0.25) is 10.0 Å². The van der Waals surface area contributed by atoms with Gasteiger partial charge in [-0.05, 0) is 23.8 Å². The van der Waals surface area contributed by atoms with Crippen LogP contribution in [-0.2, 0) is 16.6 Å². The standard InChI is InChI=1S/C20H21N3O5S/c1-27-17-10-9-15(11-18(17)28-2)19-16(20(24)22-29(3,25)26)13-23(21-19)12-14-7-5-4-6-8-14/h4-11,13H,12H2,1-3H3,(H,22,24). The summed E-state index contributed by atoms with van der Waals surface area (Å²) in [6.07, 6.45) is 2.45. The lowest BCUT2D eigenvalue weighted by Crippen LogP contribution is -2.29. The van der Waals surface area contributed by atoms with Crippen molar-refractivity contribution in [1.82, 2.24) is 14.5 Å². The first-order chi connectivity index (χ1) is 13.8. The molecule has 2 aromatic carbocycles. The van der Waals surface area contributed by atoms with E-state index in [1.54, 1.807) is 22.9 Å². The van der Waals surface area contributed by atoms with E-state index in [-0.39, 0.29) is 5.56 Å². The maximum absolute atomic E-state index is 12.6. The van der Waals surface area contributed by atoms with E-state index in [1.807, 2.05) is 35.1 Å². The minimum Gasteiger partial charge on any atom is -0.493 e. The number of carbonyl (C=O) groups is 1. The third-order valence-electron chi connectivity index (χ3n) is 4.13. The Balaban J connectivity index is 2.07. The SMILES string of the molecule is COc1ccc(-c2nn(Cc3ccccc3)cc2C(=O)NS(C)(=O)=O)cc1OC. The fourth-order valence-corrected chi connectivity index (χ4v) is 3.31. The average molecular weight is 415 g/mol. The van der Waals surface area contributed by atoms with Crippen LogP contribution < -0.4 is 14.2 Å². The van der Waals surface area contributed by atoms with E-state index in [4.69, 9.17) is 9.47 Å². The highest BCUT2D eigenvalue weighted by molar-refractivity contribution is 7.89. The molecule has 9 heteroatoms. The molecule has 0 unspecified atom stereocenters. The highest BCUT2D eigenvalue weighted by atomic mass is 32.2. The van der Waals surface area contributed by atoms with Crippen molar-refractivity contribution in [2.75, 3.05) is 20.5 Å². The van der Waals surface area contributed by atoms with Crippen LogP contribution in [0.3, 0.4) is 0 Å². The zero-order valence-corrected chi connectivity index (χ0v) is 17.1. The molecule has 3 aromatic rings. The van der Waals surface area contributed by atoms with Gasteiger partial charge in [0, 0.05) is 11.8 Å². The number of ether oxygens (including phenoxy) is 2. The second-order valence-corrected chi connectivity index (χ2v) is 8.10. The molecule has 0 fully saturated rings. The number of nitrogens with zero attached hydrogens (tertiary/aromatic N) is 2. The van der Waals surface area contributed by atoms with Gasteiger partial charge in [-0.2, -0.15) is 5.10 Å². The van der Waals surface area contributed by atoms with Crippen LogP contribution in [0.1, 0.15) is 15.9 Å². The lowest BCUT2D eigenvalue weighted by molar-refractivity contribution is 0.0982. The van der Waals surface area contributed by atoms with Gasteiger partial charge in [0.05, 0.1) is 32.6 Å². The summed E-state index contributed by atoms with van der Waals surface area (Å²) in [7, 11) is -0.693. The van der Waals surface area contributed by atoms with E-state index < -0.39 is 15.9 Å². The number of hydrogen-bond acceptors (Lipinski definition) is 6. The van der Waals surface area contributed by atoms with Crippen molar-refractivity contribution in [1.29, 1.82) is 0 Å². The normalized spacial score (nSPS) is 11.1. The Morgan fingerprint density at radius 2 is 1.76 bits per heavy atom. The van der Waals surface area contributed by atoms with Gasteiger partial charge < -0.3 is 9.47 Å². The van der Waals surface area contributed by atoms with Crippen LogP contribution in [-0.4, -0.2) is 44.6 Å². The van der Waals surface area contributed by atoms with Crippen LogP contribution in [0.4, 0.5) is 0 Å². The molecule has 0 atom stereocenters. The Labute approximate surface area is 169 Å². The molecule has 8 nitrogen and oxygen atoms in total. The number of amides is 1. The molecule has 3 rings (SSSR count). The molecule has 0 radical (unpaired) electrons. The largest absolute Gasteiger partial charge is 0.493 e. The smallest absolute Gasteiger partial charge is 0.268 e. The highest BCUT2D eigenvalue weighted by Gasteiger charge is 2.21. The van der Waals surface area contributed by atoms with Crippen molar-refractivity contribution in [3.63, 3.8) is 0 Å². The van der Waals surface area contributed by atoms with Crippen LogP contribution in [0.2, 0.25) is 0 Å². The number of benzene rings is 2. The number of carbonyl (C=O) groups excluding carboxylic acids is 1. The van der Waals surface area contributed by atoms with Crippen LogP contribution in [0, 0.1) is 0 Å². The summed E-state index contributed by atoms with van der Waals surface area (Å²) < 4.78 is 37.3. The van der Waals surface area contributed by atoms with Crippen LogP contribution in [0.15, 0.2) is 54.7 Å². The molecule has 1 aromatic heterocycles. The molecule has 0 saturated heterocycles. The van der Waals surface area contributed by atoms with Crippen molar-refractivity contribution in [2.45, 2.75) is 6.54 Å². The van der Waals surface area contributed by atoms with Gasteiger partial charge in [0.1, 0.15) is 5.69 Å². The molecular weight excluding hydrogens is 394 g/mol. The maximum atomic E-state index is 12.6. The fraction of sp³-hybridized carbons (Fsp3) is 0.200. The molecule has 29 heavy (non-hydrogen) atoms. The molecule has 0 aliphatic heterocycles. The first-order valence-electron chi connectivity index (χ1n) is 8.66. The molecule has 0 aliphatic carbocycles. The van der Waals surface area contributed by atoms with E-state index >= 15 is 0 Å². The molecular formula is C20H21N3O5S. The van der Waals surface area contributed by atoms with Crippen molar-refractivity contribution < 1.29 is 22.7 Å². The second-order valence-electron chi connectivity index (χ2n) is 6.35. The maximum Gasteiger partial charge on any atom is 0.268 e. The van der Waals surface area contributed by atoms with Gasteiger partial charge in [-0.25, -0.2) is 13.1 Å². The Bertz CT molecular complexity index is 1120. The summed E-state index contributed by atoms with van der Waals surface area (Å²) in [6.45, 7) is 0.424. The Morgan fingerprint density at radius 1 is 1.07 bits per heavy atom. The minimum absolute atomic E-state index is 0.138. The zero-order valence-electron chi connectivity index (χ0n) is 16.2. The summed E-state index contributed by atoms with van der Waals surface area (Å²) in [5.41, 5.74) is 2.05. The van der Waals surface area contributed by atoms with E-state index in [9.17, 15) is 13.2 Å². The van der Waals surface area contributed by atoms with E-state index in [1.165, 1.54) is 20.4 Å². The molecule has 1 heterocycles. The fourth-order valence-electron chi connectivity index (χ4n) is 2.86. The van der Waals surface area contributed by atoms with Gasteiger partial charge in [-0.15, -0.1) is 0 Å². The third kappa shape index (κ3) is 4.94. The van der Waals surface area contributed by atoms with Gasteiger partial charge in [0.25, 0.3) is 5.91 Å². The number of sulfonamides is 1. The molecule has 1 amide bonds. The van der Waals surface area contributed by atoms with Crippen molar-refractivity contribution in [2.24, 2.45) is 0 Å². The molecule has 0 bridgehead atoms. The number of hydrogen-bond donors (Lipinski definition) is 1. The molecule has 1 N–H and O–H groups in total. The zero-order chi connectivity index (χ0) is 21.0. The minimum atomic E-state index is -3.72. The van der Waals surface area contributed by atoms with Crippen molar-refractivity contribution in [3.05, 3.63) is 65.9 Å². The summed E-state index contributed by atoms with van der Waals surface area (Å²) in [5, 5.41) is 4.52. The van der Waals surface area contributed by atoms with Crippen molar-refractivity contribution >= 4 is 15.9 Å². The first kappa shape index (κ1) is 20.4. The second kappa shape index (κ2) is 8.36. The first-order valence-corrected chi connectivity index (χ1v) is 10.6.